The lowest BCUT2D eigenvalue weighted by Gasteiger charge is -2.28. The topological polar surface area (TPSA) is 54.0 Å². The number of ether oxygens (including phenoxy) is 4. The summed E-state index contributed by atoms with van der Waals surface area (Å²) in [6.07, 6.45) is -0.922. The minimum atomic E-state index is -1.29. The van der Waals surface area contributed by atoms with Gasteiger partial charge in [-0.2, -0.15) is 0 Å². The summed E-state index contributed by atoms with van der Waals surface area (Å²) in [6, 6.07) is 20.2. The molecule has 0 atom stereocenters. The van der Waals surface area contributed by atoms with E-state index < -0.39 is 11.9 Å². The summed E-state index contributed by atoms with van der Waals surface area (Å²) in [5.74, 6) is -0.836. The molecule has 0 spiro atoms. The third kappa shape index (κ3) is 3.03. The van der Waals surface area contributed by atoms with Gasteiger partial charge in [-0.15, -0.1) is 0 Å². The highest BCUT2D eigenvalue weighted by molar-refractivity contribution is 6.37. The molecule has 0 radical (unpaired) electrons. The van der Waals surface area contributed by atoms with Crippen LogP contribution in [0.5, 0.6) is 17.2 Å². The Morgan fingerprint density at radius 3 is 1.96 bits per heavy atom. The van der Waals surface area contributed by atoms with Crippen molar-refractivity contribution in [2.75, 3.05) is 7.11 Å². The number of methoxy groups -OCH3 is 1. The van der Waals surface area contributed by atoms with Gasteiger partial charge in [0, 0.05) is 17.2 Å². The van der Waals surface area contributed by atoms with Crippen molar-refractivity contribution in [2.24, 2.45) is 0 Å². The molecule has 1 aliphatic rings. The molecule has 0 saturated carbocycles. The maximum absolute atomic E-state index is 11.5. The normalized spacial score (nSPS) is 13.8. The number of hydrogen-bond acceptors (Lipinski definition) is 5. The molecule has 3 aromatic rings. The Bertz CT molecular complexity index is 982. The highest BCUT2D eigenvalue weighted by Crippen LogP contribution is 2.56. The van der Waals surface area contributed by atoms with Crippen molar-refractivity contribution < 1.29 is 23.7 Å². The summed E-state index contributed by atoms with van der Waals surface area (Å²) in [7, 11) is 1.20. The lowest BCUT2D eigenvalue weighted by atomic mass is 9.97. The van der Waals surface area contributed by atoms with Crippen molar-refractivity contribution in [3.05, 3.63) is 87.9 Å². The van der Waals surface area contributed by atoms with Crippen LogP contribution in [-0.4, -0.2) is 13.3 Å². The van der Waals surface area contributed by atoms with Crippen LogP contribution in [0.4, 0.5) is 4.79 Å². The van der Waals surface area contributed by atoms with Crippen LogP contribution in [0.3, 0.4) is 0 Å². The van der Waals surface area contributed by atoms with E-state index in [-0.39, 0.29) is 27.3 Å². The van der Waals surface area contributed by atoms with E-state index >= 15 is 0 Å². The number of carbonyl (C=O) groups excluding carboxylic acids is 1. The molecule has 0 saturated heterocycles. The van der Waals surface area contributed by atoms with Crippen molar-refractivity contribution in [3.63, 3.8) is 0 Å². The zero-order valence-corrected chi connectivity index (χ0v) is 16.2. The quantitative estimate of drug-likeness (QED) is 0.398. The van der Waals surface area contributed by atoms with Gasteiger partial charge in [0.25, 0.3) is 0 Å². The first-order chi connectivity index (χ1) is 13.5. The van der Waals surface area contributed by atoms with Gasteiger partial charge in [-0.1, -0.05) is 83.9 Å². The minimum absolute atomic E-state index is 0.0118. The zero-order valence-electron chi connectivity index (χ0n) is 14.6. The fourth-order valence-corrected chi connectivity index (χ4v) is 3.42. The molecule has 28 heavy (non-hydrogen) atoms. The molecule has 3 aromatic carbocycles. The monoisotopic (exact) mass is 416 g/mol. The van der Waals surface area contributed by atoms with Crippen LogP contribution in [0.2, 0.25) is 10.0 Å². The minimum Gasteiger partial charge on any atom is -0.439 e. The second-order valence-corrected chi connectivity index (χ2v) is 6.72. The van der Waals surface area contributed by atoms with Gasteiger partial charge in [-0.3, -0.25) is 0 Å². The Balaban J connectivity index is 1.86. The molecule has 142 valence electrons. The number of hydrogen-bond donors (Lipinski definition) is 0. The molecule has 0 aromatic heterocycles. The van der Waals surface area contributed by atoms with Gasteiger partial charge < -0.3 is 18.9 Å². The fraction of sp³-hybridized carbons (Fsp3) is 0.0952. The second kappa shape index (κ2) is 7.26. The summed E-state index contributed by atoms with van der Waals surface area (Å²) in [5, 5.41) is 0.241. The van der Waals surface area contributed by atoms with Crippen LogP contribution in [0.25, 0.3) is 0 Å². The van der Waals surface area contributed by atoms with Crippen LogP contribution < -0.4 is 14.2 Å². The van der Waals surface area contributed by atoms with Crippen molar-refractivity contribution in [1.29, 1.82) is 0 Å². The Hall–Kier alpha value is -2.89. The lowest BCUT2D eigenvalue weighted by molar-refractivity contribution is -0.0458. The average molecular weight is 417 g/mol. The van der Waals surface area contributed by atoms with E-state index in [0.29, 0.717) is 0 Å². The number of rotatable bonds is 3. The van der Waals surface area contributed by atoms with E-state index in [9.17, 15) is 4.79 Å². The zero-order chi connectivity index (χ0) is 19.7. The van der Waals surface area contributed by atoms with Crippen molar-refractivity contribution in [3.8, 4) is 17.2 Å². The molecule has 1 aliphatic heterocycles. The van der Waals surface area contributed by atoms with Gasteiger partial charge in [-0.25, -0.2) is 4.79 Å². The Kier molecular flexibility index (Phi) is 4.79. The van der Waals surface area contributed by atoms with Crippen LogP contribution >= 0.6 is 23.2 Å². The van der Waals surface area contributed by atoms with E-state index in [1.54, 1.807) is 0 Å². The molecule has 0 N–H and O–H groups in total. The van der Waals surface area contributed by atoms with Crippen LogP contribution in [-0.2, 0) is 10.5 Å². The third-order valence-corrected chi connectivity index (χ3v) is 4.89. The molecule has 0 fully saturated rings. The predicted octanol–water partition coefficient (Wildman–Crippen LogP) is 5.81. The molecule has 0 aliphatic carbocycles. The first kappa shape index (κ1) is 18.5. The Morgan fingerprint density at radius 2 is 1.43 bits per heavy atom. The molecule has 4 rings (SSSR count). The van der Waals surface area contributed by atoms with Gasteiger partial charge in [0.05, 0.1) is 12.1 Å². The van der Waals surface area contributed by atoms with E-state index in [0.717, 1.165) is 11.1 Å². The summed E-state index contributed by atoms with van der Waals surface area (Å²) >= 11 is 12.8. The van der Waals surface area contributed by atoms with Crippen molar-refractivity contribution in [2.45, 2.75) is 5.79 Å². The van der Waals surface area contributed by atoms with Gasteiger partial charge in [0.15, 0.2) is 17.2 Å². The first-order valence-electron chi connectivity index (χ1n) is 8.32. The highest BCUT2D eigenvalue weighted by atomic mass is 35.5. The van der Waals surface area contributed by atoms with E-state index in [4.69, 9.17) is 37.4 Å². The summed E-state index contributed by atoms with van der Waals surface area (Å²) in [5.41, 5.74) is 1.50. The van der Waals surface area contributed by atoms with Crippen LogP contribution in [0.1, 0.15) is 11.1 Å². The summed E-state index contributed by atoms with van der Waals surface area (Å²) in [4.78, 5) is 11.5. The lowest BCUT2D eigenvalue weighted by Crippen LogP contribution is -2.36. The first-order valence-corrected chi connectivity index (χ1v) is 9.07. The summed E-state index contributed by atoms with van der Waals surface area (Å²) < 4.78 is 22.1. The third-order valence-electron chi connectivity index (χ3n) is 4.26. The second-order valence-electron chi connectivity index (χ2n) is 5.94. The number of benzene rings is 3. The molecular weight excluding hydrogens is 403 g/mol. The highest BCUT2D eigenvalue weighted by Gasteiger charge is 2.48. The molecule has 7 heteroatoms. The molecule has 1 heterocycles. The van der Waals surface area contributed by atoms with Crippen molar-refractivity contribution in [1.82, 2.24) is 0 Å². The van der Waals surface area contributed by atoms with Gasteiger partial charge in [0.2, 0.25) is 0 Å². The van der Waals surface area contributed by atoms with Crippen LogP contribution in [0.15, 0.2) is 66.7 Å². The standard InChI is InChI=1S/C21H14Cl2O5/c1-25-20(24)26-16-12-15(22)18-19(17(16)23)28-21(27-18,13-8-4-2-5-9-13)14-10-6-3-7-11-14/h2-12H,1H3. The van der Waals surface area contributed by atoms with Crippen molar-refractivity contribution >= 4 is 29.4 Å². The number of fused-ring (bicyclic) bond motifs is 1. The molecule has 0 unspecified atom stereocenters. The number of halogens is 2. The maximum atomic E-state index is 11.5. The number of carbonyl (C=O) groups is 1. The average Bonchev–Trinajstić information content (AvgIpc) is 3.16. The summed E-state index contributed by atoms with van der Waals surface area (Å²) in [6.45, 7) is 0. The van der Waals surface area contributed by atoms with Gasteiger partial charge >= 0.3 is 11.9 Å². The van der Waals surface area contributed by atoms with Crippen LogP contribution in [0, 0.1) is 0 Å². The van der Waals surface area contributed by atoms with Gasteiger partial charge in [-0.05, 0) is 0 Å². The maximum Gasteiger partial charge on any atom is 0.513 e. The predicted molar refractivity (Wildman–Crippen MR) is 104 cm³/mol. The molecule has 0 bridgehead atoms. The SMILES string of the molecule is COC(=O)Oc1cc(Cl)c2c(c1Cl)OC(c1ccccc1)(c1ccccc1)O2. The molecule has 5 nitrogen and oxygen atoms in total. The van der Waals surface area contributed by atoms with E-state index in [2.05, 4.69) is 4.74 Å². The Morgan fingerprint density at radius 1 is 0.893 bits per heavy atom. The molecule has 0 amide bonds. The Labute approximate surface area is 171 Å². The van der Waals surface area contributed by atoms with E-state index in [1.807, 2.05) is 60.7 Å². The van der Waals surface area contributed by atoms with Gasteiger partial charge in [0.1, 0.15) is 5.02 Å². The van der Waals surface area contributed by atoms with E-state index in [1.165, 1.54) is 13.2 Å². The molecular formula is C21H14Cl2O5. The fourth-order valence-electron chi connectivity index (χ4n) is 2.98. The largest absolute Gasteiger partial charge is 0.513 e. The smallest absolute Gasteiger partial charge is 0.439 e.